The monoisotopic (exact) mass is 315 g/mol. The average molecular weight is 315 g/mol. The van der Waals surface area contributed by atoms with E-state index in [2.05, 4.69) is 13.0 Å². The molecule has 23 heavy (non-hydrogen) atoms. The standard InChI is InChI=1S/C19H25NO3/c1-13-11-15(19(21)22-2)4-6-18(13)14-3-5-17(12-14)20-16-7-9-23-10-8-16/h4,6,11,14,16H,3,5,7-10,12H2,1-2H3. The number of benzene rings is 1. The van der Waals surface area contributed by atoms with Gasteiger partial charge >= 0.3 is 5.97 Å². The lowest BCUT2D eigenvalue weighted by atomic mass is 9.92. The molecule has 0 aromatic heterocycles. The molecule has 2 aliphatic rings. The van der Waals surface area contributed by atoms with Gasteiger partial charge in [0.25, 0.3) is 0 Å². The van der Waals surface area contributed by atoms with Crippen LogP contribution < -0.4 is 0 Å². The number of hydrogen-bond acceptors (Lipinski definition) is 4. The van der Waals surface area contributed by atoms with Gasteiger partial charge < -0.3 is 9.47 Å². The highest BCUT2D eigenvalue weighted by molar-refractivity contribution is 5.90. The lowest BCUT2D eigenvalue weighted by Crippen LogP contribution is -2.19. The maximum atomic E-state index is 11.6. The zero-order valence-corrected chi connectivity index (χ0v) is 14.0. The van der Waals surface area contributed by atoms with Crippen LogP contribution >= 0.6 is 0 Å². The third kappa shape index (κ3) is 3.81. The Bertz CT molecular complexity index is 603. The summed E-state index contributed by atoms with van der Waals surface area (Å²) < 4.78 is 10.2. The zero-order chi connectivity index (χ0) is 16.2. The first-order chi connectivity index (χ1) is 11.2. The van der Waals surface area contributed by atoms with Crippen molar-refractivity contribution in [2.45, 2.75) is 51.0 Å². The van der Waals surface area contributed by atoms with Crippen molar-refractivity contribution in [2.24, 2.45) is 4.99 Å². The second-order valence-electron chi connectivity index (χ2n) is 6.54. The van der Waals surface area contributed by atoms with E-state index in [0.717, 1.165) is 45.3 Å². The van der Waals surface area contributed by atoms with Crippen molar-refractivity contribution < 1.29 is 14.3 Å². The van der Waals surface area contributed by atoms with Gasteiger partial charge in [-0.05, 0) is 68.2 Å². The maximum Gasteiger partial charge on any atom is 0.337 e. The third-order valence-electron chi connectivity index (χ3n) is 4.95. The number of carbonyl (C=O) groups excluding carboxylic acids is 1. The molecule has 1 atom stereocenters. The quantitative estimate of drug-likeness (QED) is 0.800. The molecule has 1 saturated heterocycles. The van der Waals surface area contributed by atoms with Gasteiger partial charge in [-0.3, -0.25) is 4.99 Å². The van der Waals surface area contributed by atoms with Crippen LogP contribution in [0.5, 0.6) is 0 Å². The van der Waals surface area contributed by atoms with E-state index < -0.39 is 0 Å². The number of ether oxygens (including phenoxy) is 2. The number of methoxy groups -OCH3 is 1. The number of esters is 1. The lowest BCUT2D eigenvalue weighted by Gasteiger charge is -2.19. The summed E-state index contributed by atoms with van der Waals surface area (Å²) in [6.45, 7) is 3.77. The first kappa shape index (κ1) is 16.2. The highest BCUT2D eigenvalue weighted by Crippen LogP contribution is 2.35. The number of hydrogen-bond donors (Lipinski definition) is 0. The summed E-state index contributed by atoms with van der Waals surface area (Å²) in [5.41, 5.74) is 4.50. The highest BCUT2D eigenvalue weighted by Gasteiger charge is 2.25. The van der Waals surface area contributed by atoms with Gasteiger partial charge in [0.15, 0.2) is 0 Å². The number of aliphatic imine (C=N–C) groups is 1. The van der Waals surface area contributed by atoms with Crippen LogP contribution in [-0.4, -0.2) is 38.0 Å². The minimum Gasteiger partial charge on any atom is -0.465 e. The van der Waals surface area contributed by atoms with Gasteiger partial charge in [-0.2, -0.15) is 0 Å². The Balaban J connectivity index is 1.69. The molecule has 2 fully saturated rings. The Morgan fingerprint density at radius 1 is 1.26 bits per heavy atom. The largest absolute Gasteiger partial charge is 0.465 e. The lowest BCUT2D eigenvalue weighted by molar-refractivity contribution is 0.0600. The van der Waals surface area contributed by atoms with Crippen molar-refractivity contribution in [1.29, 1.82) is 0 Å². The smallest absolute Gasteiger partial charge is 0.337 e. The molecule has 1 unspecified atom stereocenters. The van der Waals surface area contributed by atoms with Crippen LogP contribution in [-0.2, 0) is 9.47 Å². The predicted octanol–water partition coefficient (Wildman–Crippen LogP) is 3.67. The van der Waals surface area contributed by atoms with Crippen molar-refractivity contribution >= 4 is 11.7 Å². The van der Waals surface area contributed by atoms with E-state index in [-0.39, 0.29) is 5.97 Å². The minimum absolute atomic E-state index is 0.271. The second kappa shape index (κ2) is 7.26. The van der Waals surface area contributed by atoms with Crippen molar-refractivity contribution in [1.82, 2.24) is 0 Å². The fourth-order valence-electron chi connectivity index (χ4n) is 3.66. The molecule has 0 N–H and O–H groups in total. The molecule has 1 heterocycles. The van der Waals surface area contributed by atoms with Crippen LogP contribution in [0.2, 0.25) is 0 Å². The van der Waals surface area contributed by atoms with Gasteiger partial charge in [0, 0.05) is 18.9 Å². The minimum atomic E-state index is -0.271. The van der Waals surface area contributed by atoms with Gasteiger partial charge in [-0.15, -0.1) is 0 Å². The Labute approximate surface area is 137 Å². The van der Waals surface area contributed by atoms with E-state index in [1.807, 2.05) is 12.1 Å². The SMILES string of the molecule is COC(=O)c1ccc(C2CCC(=NC3CCOCC3)C2)c(C)c1. The van der Waals surface area contributed by atoms with E-state index in [9.17, 15) is 4.79 Å². The summed E-state index contributed by atoms with van der Waals surface area (Å²) in [5, 5.41) is 0. The molecule has 4 nitrogen and oxygen atoms in total. The van der Waals surface area contributed by atoms with E-state index >= 15 is 0 Å². The summed E-state index contributed by atoms with van der Waals surface area (Å²) in [5.74, 6) is 0.258. The van der Waals surface area contributed by atoms with Crippen LogP contribution in [0.3, 0.4) is 0 Å². The van der Waals surface area contributed by atoms with Crippen molar-refractivity contribution in [3.05, 3.63) is 34.9 Å². The topological polar surface area (TPSA) is 47.9 Å². The summed E-state index contributed by atoms with van der Waals surface area (Å²) in [4.78, 5) is 16.6. The van der Waals surface area contributed by atoms with Crippen molar-refractivity contribution in [2.75, 3.05) is 20.3 Å². The van der Waals surface area contributed by atoms with Gasteiger partial charge in [0.1, 0.15) is 0 Å². The summed E-state index contributed by atoms with van der Waals surface area (Å²) in [6.07, 6.45) is 5.42. The number of aryl methyl sites for hydroxylation is 1. The molecule has 3 rings (SSSR count). The van der Waals surface area contributed by atoms with Crippen LogP contribution in [0.25, 0.3) is 0 Å². The summed E-state index contributed by atoms with van der Waals surface area (Å²) in [7, 11) is 1.42. The highest BCUT2D eigenvalue weighted by atomic mass is 16.5. The molecule has 1 aliphatic carbocycles. The third-order valence-corrected chi connectivity index (χ3v) is 4.95. The zero-order valence-electron chi connectivity index (χ0n) is 14.0. The Morgan fingerprint density at radius 3 is 2.74 bits per heavy atom. The van der Waals surface area contributed by atoms with Gasteiger partial charge in [-0.1, -0.05) is 6.07 Å². The van der Waals surface area contributed by atoms with E-state index in [4.69, 9.17) is 14.5 Å². The summed E-state index contributed by atoms with van der Waals surface area (Å²) >= 11 is 0. The molecule has 0 amide bonds. The molecule has 0 radical (unpaired) electrons. The van der Waals surface area contributed by atoms with E-state index in [1.165, 1.54) is 23.9 Å². The summed E-state index contributed by atoms with van der Waals surface area (Å²) in [6, 6.07) is 6.36. The fraction of sp³-hybridized carbons (Fsp3) is 0.579. The number of nitrogens with zero attached hydrogens (tertiary/aromatic N) is 1. The molecule has 0 bridgehead atoms. The first-order valence-electron chi connectivity index (χ1n) is 8.49. The van der Waals surface area contributed by atoms with Gasteiger partial charge in [0.05, 0.1) is 18.7 Å². The molecule has 124 valence electrons. The fourth-order valence-corrected chi connectivity index (χ4v) is 3.66. The normalized spacial score (nSPS) is 24.1. The van der Waals surface area contributed by atoms with E-state index in [0.29, 0.717) is 17.5 Å². The number of carbonyl (C=O) groups is 1. The molecular formula is C19H25NO3. The Morgan fingerprint density at radius 2 is 2.04 bits per heavy atom. The van der Waals surface area contributed by atoms with Crippen molar-refractivity contribution in [3.63, 3.8) is 0 Å². The van der Waals surface area contributed by atoms with E-state index in [1.54, 1.807) is 0 Å². The second-order valence-corrected chi connectivity index (χ2v) is 6.54. The maximum absolute atomic E-state index is 11.6. The molecule has 1 saturated carbocycles. The molecule has 0 spiro atoms. The molecule has 1 aromatic rings. The molecule has 4 heteroatoms. The van der Waals surface area contributed by atoms with Crippen LogP contribution in [0, 0.1) is 6.92 Å². The van der Waals surface area contributed by atoms with Gasteiger partial charge in [0.2, 0.25) is 0 Å². The first-order valence-corrected chi connectivity index (χ1v) is 8.49. The average Bonchev–Trinajstić information content (AvgIpc) is 3.03. The predicted molar refractivity (Wildman–Crippen MR) is 90.4 cm³/mol. The Hall–Kier alpha value is -1.68. The van der Waals surface area contributed by atoms with Gasteiger partial charge in [-0.25, -0.2) is 4.79 Å². The number of rotatable bonds is 3. The molecule has 1 aliphatic heterocycles. The van der Waals surface area contributed by atoms with Crippen LogP contribution in [0.4, 0.5) is 0 Å². The van der Waals surface area contributed by atoms with Crippen molar-refractivity contribution in [3.8, 4) is 0 Å². The van der Waals surface area contributed by atoms with Crippen LogP contribution in [0.15, 0.2) is 23.2 Å². The molecule has 1 aromatic carbocycles. The van der Waals surface area contributed by atoms with Crippen LogP contribution in [0.1, 0.15) is 59.5 Å². The Kier molecular flexibility index (Phi) is 5.11. The molecular weight excluding hydrogens is 290 g/mol.